The smallest absolute Gasteiger partial charge is 0.335 e. The van der Waals surface area contributed by atoms with Crippen LogP contribution in [0.25, 0.3) is 11.1 Å². The number of nitrogen functional groups attached to an aromatic ring is 2. The van der Waals surface area contributed by atoms with Crippen molar-refractivity contribution in [3.63, 3.8) is 0 Å². The molecule has 20 heavy (non-hydrogen) atoms. The summed E-state index contributed by atoms with van der Waals surface area (Å²) in [5, 5.41) is 9.00. The number of carbonyl (C=O) groups excluding carboxylic acids is 1. The second kappa shape index (κ2) is 4.88. The number of nitrogens with zero attached hydrogens (tertiary/aromatic N) is 1. The Morgan fingerprint density at radius 2 is 1.75 bits per heavy atom. The van der Waals surface area contributed by atoms with E-state index in [9.17, 15) is 9.59 Å². The number of anilines is 2. The first-order valence-corrected chi connectivity index (χ1v) is 5.58. The lowest BCUT2D eigenvalue weighted by atomic mass is 10.0. The van der Waals surface area contributed by atoms with Crippen LogP contribution in [0.1, 0.15) is 20.7 Å². The van der Waals surface area contributed by atoms with E-state index in [1.807, 2.05) is 0 Å². The summed E-state index contributed by atoms with van der Waals surface area (Å²) in [5.74, 6) is -1.79. The van der Waals surface area contributed by atoms with E-state index in [1.54, 1.807) is 6.07 Å². The summed E-state index contributed by atoms with van der Waals surface area (Å²) < 4.78 is 0. The largest absolute Gasteiger partial charge is 0.478 e. The number of nitrogens with two attached hydrogens (primary N) is 3. The number of rotatable bonds is 3. The van der Waals surface area contributed by atoms with E-state index in [2.05, 4.69) is 4.98 Å². The molecule has 7 N–H and O–H groups in total. The Labute approximate surface area is 114 Å². The minimum absolute atomic E-state index is 0.0172. The fraction of sp³-hybridized carbons (Fsp3) is 0. The molecular formula is C13H12N4O3. The highest BCUT2D eigenvalue weighted by molar-refractivity contribution is 5.98. The highest BCUT2D eigenvalue weighted by Crippen LogP contribution is 2.25. The highest BCUT2D eigenvalue weighted by atomic mass is 16.4. The van der Waals surface area contributed by atoms with Crippen LogP contribution in [0.2, 0.25) is 0 Å². The fourth-order valence-electron chi connectivity index (χ4n) is 1.77. The monoisotopic (exact) mass is 272 g/mol. The molecule has 2 rings (SSSR count). The molecule has 0 bridgehead atoms. The molecule has 2 aromatic rings. The number of amides is 1. The van der Waals surface area contributed by atoms with Crippen LogP contribution in [0.5, 0.6) is 0 Å². The van der Waals surface area contributed by atoms with Crippen LogP contribution in [0.4, 0.5) is 11.5 Å². The van der Waals surface area contributed by atoms with Crippen LogP contribution in [-0.2, 0) is 0 Å². The van der Waals surface area contributed by atoms with Gasteiger partial charge in [-0.3, -0.25) is 4.79 Å². The molecule has 0 radical (unpaired) electrons. The molecule has 0 aliphatic heterocycles. The Balaban J connectivity index is 2.59. The Hall–Kier alpha value is -3.09. The normalized spacial score (nSPS) is 10.2. The average Bonchev–Trinajstić information content (AvgIpc) is 2.38. The van der Waals surface area contributed by atoms with Gasteiger partial charge in [0.1, 0.15) is 5.82 Å². The van der Waals surface area contributed by atoms with E-state index in [4.69, 9.17) is 22.3 Å². The van der Waals surface area contributed by atoms with Crippen molar-refractivity contribution in [1.29, 1.82) is 0 Å². The van der Waals surface area contributed by atoms with Crippen LogP contribution in [0.3, 0.4) is 0 Å². The third kappa shape index (κ3) is 2.51. The van der Waals surface area contributed by atoms with Crippen LogP contribution >= 0.6 is 0 Å². The van der Waals surface area contributed by atoms with Crippen LogP contribution in [0.15, 0.2) is 30.5 Å². The molecule has 0 spiro atoms. The number of aromatic nitrogens is 1. The lowest BCUT2D eigenvalue weighted by Crippen LogP contribution is -2.14. The second-order valence-electron chi connectivity index (χ2n) is 4.17. The summed E-state index contributed by atoms with van der Waals surface area (Å²) in [6, 6.07) is 5.79. The molecule has 0 saturated carbocycles. The maximum Gasteiger partial charge on any atom is 0.335 e. The Kier molecular flexibility index (Phi) is 3.26. The quantitative estimate of drug-likeness (QED) is 0.605. The van der Waals surface area contributed by atoms with Gasteiger partial charge in [0, 0.05) is 17.4 Å². The van der Waals surface area contributed by atoms with Gasteiger partial charge in [-0.05, 0) is 29.8 Å². The van der Waals surface area contributed by atoms with Gasteiger partial charge in [0.2, 0.25) is 0 Å². The number of primary amides is 1. The van der Waals surface area contributed by atoms with Gasteiger partial charge in [0.05, 0.1) is 11.1 Å². The van der Waals surface area contributed by atoms with Crippen LogP contribution in [0, 0.1) is 0 Å². The Bertz CT molecular complexity index is 713. The minimum Gasteiger partial charge on any atom is -0.478 e. The Morgan fingerprint density at radius 3 is 2.35 bits per heavy atom. The molecule has 1 aromatic carbocycles. The van der Waals surface area contributed by atoms with Crippen molar-refractivity contribution < 1.29 is 14.7 Å². The summed E-state index contributed by atoms with van der Waals surface area (Å²) in [5.41, 5.74) is 17.8. The van der Waals surface area contributed by atoms with Gasteiger partial charge in [-0.2, -0.15) is 0 Å². The number of pyridine rings is 1. The lowest BCUT2D eigenvalue weighted by molar-refractivity contribution is 0.0696. The van der Waals surface area contributed by atoms with Gasteiger partial charge >= 0.3 is 5.97 Å². The van der Waals surface area contributed by atoms with Gasteiger partial charge in [-0.25, -0.2) is 9.78 Å². The SMILES string of the molecule is NC(=O)c1cc(-c2cc(N)cc(C(=O)O)c2)cnc1N. The molecule has 1 amide bonds. The van der Waals surface area contributed by atoms with Crippen molar-refractivity contribution in [2.45, 2.75) is 0 Å². The molecule has 7 heteroatoms. The van der Waals surface area contributed by atoms with Gasteiger partial charge in [0.25, 0.3) is 5.91 Å². The van der Waals surface area contributed by atoms with Gasteiger partial charge < -0.3 is 22.3 Å². The van der Waals surface area contributed by atoms with Gasteiger partial charge in [-0.1, -0.05) is 0 Å². The summed E-state index contributed by atoms with van der Waals surface area (Å²) in [6.07, 6.45) is 1.42. The zero-order valence-corrected chi connectivity index (χ0v) is 10.3. The highest BCUT2D eigenvalue weighted by Gasteiger charge is 2.12. The van der Waals surface area contributed by atoms with Crippen molar-refractivity contribution >= 4 is 23.4 Å². The summed E-state index contributed by atoms with van der Waals surface area (Å²) >= 11 is 0. The first-order chi connectivity index (χ1) is 9.38. The van der Waals surface area contributed by atoms with E-state index in [0.717, 1.165) is 0 Å². The summed E-state index contributed by atoms with van der Waals surface area (Å²) in [7, 11) is 0. The maximum absolute atomic E-state index is 11.2. The molecule has 0 unspecified atom stereocenters. The summed E-state index contributed by atoms with van der Waals surface area (Å²) in [6.45, 7) is 0. The fourth-order valence-corrected chi connectivity index (χ4v) is 1.77. The van der Waals surface area contributed by atoms with Crippen molar-refractivity contribution in [3.05, 3.63) is 41.6 Å². The predicted octanol–water partition coefficient (Wildman–Crippen LogP) is 0.710. The first-order valence-electron chi connectivity index (χ1n) is 5.58. The van der Waals surface area contributed by atoms with Gasteiger partial charge in [-0.15, -0.1) is 0 Å². The van der Waals surface area contributed by atoms with E-state index in [1.165, 1.54) is 24.4 Å². The van der Waals surface area contributed by atoms with Crippen molar-refractivity contribution in [1.82, 2.24) is 4.98 Å². The molecule has 1 heterocycles. The Morgan fingerprint density at radius 1 is 1.05 bits per heavy atom. The molecule has 102 valence electrons. The zero-order valence-electron chi connectivity index (χ0n) is 10.3. The van der Waals surface area contributed by atoms with Crippen LogP contribution < -0.4 is 17.2 Å². The average molecular weight is 272 g/mol. The molecule has 0 atom stereocenters. The van der Waals surface area contributed by atoms with E-state index >= 15 is 0 Å². The molecular weight excluding hydrogens is 260 g/mol. The molecule has 0 aliphatic carbocycles. The van der Waals surface area contributed by atoms with Crippen molar-refractivity contribution in [2.24, 2.45) is 5.73 Å². The molecule has 0 aliphatic rings. The second-order valence-corrected chi connectivity index (χ2v) is 4.17. The molecule has 0 fully saturated rings. The number of hydrogen-bond donors (Lipinski definition) is 4. The van der Waals surface area contributed by atoms with Crippen LogP contribution in [-0.4, -0.2) is 22.0 Å². The number of carbonyl (C=O) groups is 2. The van der Waals surface area contributed by atoms with Crippen molar-refractivity contribution in [2.75, 3.05) is 11.5 Å². The molecule has 7 nitrogen and oxygen atoms in total. The number of carboxylic acid groups (broad SMARTS) is 1. The number of carboxylic acids is 1. The number of aromatic carboxylic acids is 1. The first kappa shape index (κ1) is 13.3. The predicted molar refractivity (Wildman–Crippen MR) is 74.0 cm³/mol. The number of hydrogen-bond acceptors (Lipinski definition) is 5. The van der Waals surface area contributed by atoms with Crippen molar-refractivity contribution in [3.8, 4) is 11.1 Å². The van der Waals surface area contributed by atoms with E-state index in [-0.39, 0.29) is 22.6 Å². The summed E-state index contributed by atoms with van der Waals surface area (Å²) in [4.78, 5) is 26.1. The standard InChI is InChI=1S/C13H12N4O3/c14-9-2-6(1-7(3-9)13(19)20)8-4-10(12(16)18)11(15)17-5-8/h1-5H,14H2,(H2,15,17)(H2,16,18)(H,19,20). The third-order valence-electron chi connectivity index (χ3n) is 2.72. The zero-order chi connectivity index (χ0) is 14.9. The van der Waals surface area contributed by atoms with E-state index < -0.39 is 11.9 Å². The van der Waals surface area contributed by atoms with E-state index in [0.29, 0.717) is 11.1 Å². The van der Waals surface area contributed by atoms with Gasteiger partial charge in [0.15, 0.2) is 0 Å². The topological polar surface area (TPSA) is 145 Å². The molecule has 0 saturated heterocycles. The third-order valence-corrected chi connectivity index (χ3v) is 2.72. The number of benzene rings is 1. The lowest BCUT2D eigenvalue weighted by Gasteiger charge is -2.07. The maximum atomic E-state index is 11.2. The molecule has 1 aromatic heterocycles. The minimum atomic E-state index is -1.10.